The second-order valence-electron chi connectivity index (χ2n) is 5.98. The third-order valence-electron chi connectivity index (χ3n) is 2.64. The van der Waals surface area contributed by atoms with E-state index in [4.69, 9.17) is 29.8 Å². The maximum atomic E-state index is 11.2. The summed E-state index contributed by atoms with van der Waals surface area (Å²) in [5.41, 5.74) is -1.25. The number of aromatic carboxylic acids is 2. The standard InChI is InChI=1S/C16H22O8/c1-5-7-12(22-24-16(2,3)4)21-23-13-10(14(17)18)8-6-9-11(13)15(19)20/h6,8-9,12H,5,7H2,1-4H3,(H,17,18)(H,19,20). The Bertz CT molecular complexity index is 544. The summed E-state index contributed by atoms with van der Waals surface area (Å²) in [5, 5.41) is 18.3. The second kappa shape index (κ2) is 8.62. The van der Waals surface area contributed by atoms with Crippen molar-refractivity contribution >= 4 is 11.9 Å². The van der Waals surface area contributed by atoms with Crippen LogP contribution in [0.2, 0.25) is 0 Å². The Morgan fingerprint density at radius 2 is 1.62 bits per heavy atom. The summed E-state index contributed by atoms with van der Waals surface area (Å²) in [6, 6.07) is 3.74. The number of rotatable bonds is 9. The highest BCUT2D eigenvalue weighted by Crippen LogP contribution is 2.26. The van der Waals surface area contributed by atoms with Crippen LogP contribution < -0.4 is 4.89 Å². The van der Waals surface area contributed by atoms with Crippen LogP contribution in [-0.4, -0.2) is 34.0 Å². The molecule has 0 aliphatic heterocycles. The summed E-state index contributed by atoms with van der Waals surface area (Å²) < 4.78 is 0. The molecule has 0 amide bonds. The lowest BCUT2D eigenvalue weighted by Crippen LogP contribution is -2.27. The van der Waals surface area contributed by atoms with Gasteiger partial charge in [0.25, 0.3) is 0 Å². The molecule has 0 radical (unpaired) electrons. The first-order chi connectivity index (χ1) is 11.2. The van der Waals surface area contributed by atoms with E-state index in [1.807, 2.05) is 6.92 Å². The Kier molecular flexibility index (Phi) is 7.15. The van der Waals surface area contributed by atoms with E-state index in [2.05, 4.69) is 0 Å². The van der Waals surface area contributed by atoms with Gasteiger partial charge in [0.2, 0.25) is 6.29 Å². The summed E-state index contributed by atoms with van der Waals surface area (Å²) in [4.78, 5) is 42.8. The average Bonchev–Trinajstić information content (AvgIpc) is 2.48. The van der Waals surface area contributed by atoms with Crippen molar-refractivity contribution in [1.29, 1.82) is 0 Å². The van der Waals surface area contributed by atoms with Gasteiger partial charge in [-0.1, -0.05) is 19.4 Å². The summed E-state index contributed by atoms with van der Waals surface area (Å²) in [5.74, 6) is -3.08. The van der Waals surface area contributed by atoms with Crippen molar-refractivity contribution in [3.05, 3.63) is 29.3 Å². The topological polar surface area (TPSA) is 112 Å². The van der Waals surface area contributed by atoms with Gasteiger partial charge in [-0.25, -0.2) is 14.5 Å². The second-order valence-corrected chi connectivity index (χ2v) is 5.98. The highest BCUT2D eigenvalue weighted by Gasteiger charge is 2.24. The van der Waals surface area contributed by atoms with Crippen molar-refractivity contribution in [2.24, 2.45) is 0 Å². The molecule has 0 saturated heterocycles. The zero-order valence-electron chi connectivity index (χ0n) is 14.1. The predicted octanol–water partition coefficient (Wildman–Crippen LogP) is 3.27. The smallest absolute Gasteiger partial charge is 0.339 e. The Hall–Kier alpha value is -2.16. The van der Waals surface area contributed by atoms with Crippen molar-refractivity contribution in [2.45, 2.75) is 52.4 Å². The van der Waals surface area contributed by atoms with Crippen LogP contribution in [0, 0.1) is 0 Å². The van der Waals surface area contributed by atoms with Crippen molar-refractivity contribution in [3.63, 3.8) is 0 Å². The molecule has 8 heteroatoms. The first-order valence-electron chi connectivity index (χ1n) is 7.43. The minimum atomic E-state index is -1.34. The fourth-order valence-electron chi connectivity index (χ4n) is 1.61. The van der Waals surface area contributed by atoms with Crippen LogP contribution in [0.5, 0.6) is 5.75 Å². The van der Waals surface area contributed by atoms with Crippen LogP contribution in [0.1, 0.15) is 61.3 Å². The maximum Gasteiger partial charge on any atom is 0.339 e. The maximum absolute atomic E-state index is 11.2. The van der Waals surface area contributed by atoms with Gasteiger partial charge in [0.05, 0.1) is 5.60 Å². The Morgan fingerprint density at radius 3 is 2.04 bits per heavy atom. The van der Waals surface area contributed by atoms with E-state index in [-0.39, 0.29) is 11.1 Å². The number of benzene rings is 1. The molecule has 0 heterocycles. The van der Waals surface area contributed by atoms with Gasteiger partial charge in [-0.2, -0.15) is 9.78 Å². The van der Waals surface area contributed by atoms with Gasteiger partial charge >= 0.3 is 11.9 Å². The van der Waals surface area contributed by atoms with E-state index < -0.39 is 29.6 Å². The van der Waals surface area contributed by atoms with E-state index in [1.54, 1.807) is 20.8 Å². The van der Waals surface area contributed by atoms with Crippen molar-refractivity contribution in [2.75, 3.05) is 0 Å². The summed E-state index contributed by atoms with van der Waals surface area (Å²) in [6.07, 6.45) is 0.124. The van der Waals surface area contributed by atoms with Crippen LogP contribution in [0.25, 0.3) is 0 Å². The molecule has 1 unspecified atom stereocenters. The van der Waals surface area contributed by atoms with Gasteiger partial charge < -0.3 is 15.1 Å². The molecule has 1 atom stereocenters. The van der Waals surface area contributed by atoms with Crippen molar-refractivity contribution in [1.82, 2.24) is 0 Å². The number of carboxylic acids is 2. The first-order valence-corrected chi connectivity index (χ1v) is 7.43. The van der Waals surface area contributed by atoms with Crippen LogP contribution in [0.3, 0.4) is 0 Å². The molecular formula is C16H22O8. The quantitative estimate of drug-likeness (QED) is 0.399. The lowest BCUT2D eigenvalue weighted by molar-refractivity contribution is -0.460. The molecule has 0 aromatic heterocycles. The average molecular weight is 342 g/mol. The zero-order valence-corrected chi connectivity index (χ0v) is 14.1. The molecule has 24 heavy (non-hydrogen) atoms. The number of carbonyl (C=O) groups is 2. The fourth-order valence-corrected chi connectivity index (χ4v) is 1.61. The Morgan fingerprint density at radius 1 is 1.08 bits per heavy atom. The molecular weight excluding hydrogens is 320 g/mol. The highest BCUT2D eigenvalue weighted by molar-refractivity contribution is 5.98. The summed E-state index contributed by atoms with van der Waals surface area (Å²) in [7, 11) is 0. The minimum Gasteiger partial charge on any atom is -0.478 e. The van der Waals surface area contributed by atoms with E-state index in [0.29, 0.717) is 12.8 Å². The fraction of sp³-hybridized carbons (Fsp3) is 0.500. The number of carboxylic acid groups (broad SMARTS) is 2. The highest BCUT2D eigenvalue weighted by atomic mass is 17.3. The lowest BCUT2D eigenvalue weighted by Gasteiger charge is -2.22. The zero-order chi connectivity index (χ0) is 18.3. The molecule has 0 saturated carbocycles. The van der Waals surface area contributed by atoms with E-state index >= 15 is 0 Å². The van der Waals surface area contributed by atoms with Gasteiger partial charge in [0.15, 0.2) is 5.75 Å². The number of hydrogen-bond acceptors (Lipinski definition) is 6. The third kappa shape index (κ3) is 6.15. The van der Waals surface area contributed by atoms with E-state index in [0.717, 1.165) is 0 Å². The third-order valence-corrected chi connectivity index (χ3v) is 2.64. The van der Waals surface area contributed by atoms with Crippen LogP contribution >= 0.6 is 0 Å². The van der Waals surface area contributed by atoms with Crippen molar-refractivity contribution in [3.8, 4) is 5.75 Å². The monoisotopic (exact) mass is 342 g/mol. The van der Waals surface area contributed by atoms with Gasteiger partial charge in [-0.05, 0) is 32.9 Å². The number of hydrogen-bond donors (Lipinski definition) is 2. The molecule has 0 spiro atoms. The molecule has 0 aliphatic rings. The summed E-state index contributed by atoms with van der Waals surface area (Å²) >= 11 is 0. The van der Waals surface area contributed by atoms with Gasteiger partial charge in [-0.3, -0.25) is 0 Å². The minimum absolute atomic E-state index is 0.332. The van der Waals surface area contributed by atoms with Crippen LogP contribution in [0.4, 0.5) is 0 Å². The van der Waals surface area contributed by atoms with Crippen molar-refractivity contribution < 1.29 is 39.4 Å². The molecule has 1 aromatic rings. The molecule has 0 fully saturated rings. The normalized spacial score (nSPS) is 12.7. The SMILES string of the molecule is CCCC(OOc1c(C(=O)O)cccc1C(=O)O)OOC(C)(C)C. The van der Waals surface area contributed by atoms with Gasteiger partial charge in [-0.15, -0.1) is 0 Å². The van der Waals surface area contributed by atoms with E-state index in [1.165, 1.54) is 18.2 Å². The first kappa shape index (κ1) is 19.9. The lowest BCUT2D eigenvalue weighted by atomic mass is 10.1. The van der Waals surface area contributed by atoms with E-state index in [9.17, 15) is 9.59 Å². The Labute approximate surface area is 139 Å². The molecule has 1 rings (SSSR count). The molecule has 0 aliphatic carbocycles. The molecule has 1 aromatic carbocycles. The molecule has 8 nitrogen and oxygen atoms in total. The van der Waals surface area contributed by atoms with Gasteiger partial charge in [0, 0.05) is 6.42 Å². The summed E-state index contributed by atoms with van der Waals surface area (Å²) in [6.45, 7) is 7.21. The number of para-hydroxylation sites is 1. The molecule has 2 N–H and O–H groups in total. The van der Waals surface area contributed by atoms with Gasteiger partial charge in [0.1, 0.15) is 11.1 Å². The predicted molar refractivity (Wildman–Crippen MR) is 82.7 cm³/mol. The largest absolute Gasteiger partial charge is 0.478 e. The molecule has 0 bridgehead atoms. The van der Waals surface area contributed by atoms with Crippen LogP contribution in [0.15, 0.2) is 18.2 Å². The molecule has 134 valence electrons. The van der Waals surface area contributed by atoms with Crippen LogP contribution in [-0.2, 0) is 14.7 Å². The Balaban J connectivity index is 2.93.